The Morgan fingerprint density at radius 3 is 2.38 bits per heavy atom. The van der Waals surface area contributed by atoms with Crippen molar-refractivity contribution < 1.29 is 4.79 Å². The molecule has 0 aliphatic rings. The number of amides is 1. The first-order valence-corrected chi connectivity index (χ1v) is 7.78. The highest BCUT2D eigenvalue weighted by Crippen LogP contribution is 2.30. The van der Waals surface area contributed by atoms with Crippen LogP contribution in [0, 0.1) is 0 Å². The fraction of sp³-hybridized carbons (Fsp3) is 0.571. The number of pyridine rings is 1. The van der Waals surface area contributed by atoms with Crippen molar-refractivity contribution in [3.05, 3.63) is 16.1 Å². The van der Waals surface area contributed by atoms with Gasteiger partial charge in [-0.3, -0.25) is 4.79 Å². The van der Waals surface area contributed by atoms with E-state index in [4.69, 9.17) is 23.2 Å². The van der Waals surface area contributed by atoms with Crippen LogP contribution in [0.15, 0.2) is 6.07 Å². The van der Waals surface area contributed by atoms with Gasteiger partial charge in [-0.1, -0.05) is 23.2 Å². The smallest absolute Gasteiger partial charge is 0.242 e. The van der Waals surface area contributed by atoms with E-state index >= 15 is 0 Å². The van der Waals surface area contributed by atoms with Crippen LogP contribution in [0.2, 0.25) is 10.0 Å². The van der Waals surface area contributed by atoms with Crippen LogP contribution in [0.5, 0.6) is 0 Å². The summed E-state index contributed by atoms with van der Waals surface area (Å²) in [5.41, 5.74) is 0. The number of halogens is 2. The predicted molar refractivity (Wildman–Crippen MR) is 89.6 cm³/mol. The van der Waals surface area contributed by atoms with Crippen molar-refractivity contribution in [2.24, 2.45) is 0 Å². The monoisotopic (exact) mass is 332 g/mol. The first-order valence-electron chi connectivity index (χ1n) is 7.03. The van der Waals surface area contributed by atoms with Gasteiger partial charge in [0, 0.05) is 26.7 Å². The zero-order chi connectivity index (χ0) is 16.0. The lowest BCUT2D eigenvalue weighted by Gasteiger charge is -2.24. The second-order valence-corrected chi connectivity index (χ2v) is 5.39. The van der Waals surface area contributed by atoms with Gasteiger partial charge in [-0.15, -0.1) is 0 Å². The summed E-state index contributed by atoms with van der Waals surface area (Å²) in [6.07, 6.45) is 0. The second-order valence-electron chi connectivity index (χ2n) is 4.58. The lowest BCUT2D eigenvalue weighted by atomic mass is 10.3. The maximum Gasteiger partial charge on any atom is 0.242 e. The van der Waals surface area contributed by atoms with Crippen LogP contribution in [0.4, 0.5) is 11.6 Å². The Hall–Kier alpha value is -1.20. The molecular weight excluding hydrogens is 311 g/mol. The van der Waals surface area contributed by atoms with Crippen LogP contribution >= 0.6 is 23.2 Å². The molecule has 0 spiro atoms. The van der Waals surface area contributed by atoms with Crippen LogP contribution < -0.4 is 10.2 Å². The number of hydrogen-bond donors (Lipinski definition) is 1. The largest absolute Gasteiger partial charge is 0.369 e. The minimum absolute atomic E-state index is 0.0420. The number of carbonyl (C=O) groups excluding carboxylic acids is 1. The van der Waals surface area contributed by atoms with E-state index in [1.54, 1.807) is 22.9 Å². The highest BCUT2D eigenvalue weighted by Gasteiger charge is 2.17. The molecule has 1 rings (SSSR count). The number of nitrogens with zero attached hydrogens (tertiary/aromatic N) is 3. The molecule has 0 fully saturated rings. The second kappa shape index (κ2) is 8.29. The lowest BCUT2D eigenvalue weighted by Crippen LogP contribution is -2.39. The van der Waals surface area contributed by atoms with Crippen LogP contribution in [0.25, 0.3) is 0 Å². The standard InChI is InChI=1S/C14H22Cl2N4O/c1-5-17-13-10(15)8-11(16)14(18-13)19(4)9-12(21)20(6-2)7-3/h8H,5-7,9H2,1-4H3,(H,17,18). The van der Waals surface area contributed by atoms with Gasteiger partial charge < -0.3 is 15.1 Å². The van der Waals surface area contributed by atoms with E-state index in [9.17, 15) is 4.79 Å². The van der Waals surface area contributed by atoms with Crippen molar-refractivity contribution in [2.45, 2.75) is 20.8 Å². The van der Waals surface area contributed by atoms with Gasteiger partial charge in [0.1, 0.15) is 11.6 Å². The molecule has 0 unspecified atom stereocenters. The maximum atomic E-state index is 12.1. The molecule has 1 aromatic rings. The van der Waals surface area contributed by atoms with E-state index in [0.29, 0.717) is 41.3 Å². The van der Waals surface area contributed by atoms with Gasteiger partial charge in [-0.2, -0.15) is 0 Å². The third kappa shape index (κ3) is 4.64. The topological polar surface area (TPSA) is 48.5 Å². The predicted octanol–water partition coefficient (Wildman–Crippen LogP) is 3.12. The van der Waals surface area contributed by atoms with E-state index in [1.165, 1.54) is 0 Å². The Morgan fingerprint density at radius 2 is 1.86 bits per heavy atom. The molecule has 1 aromatic heterocycles. The lowest BCUT2D eigenvalue weighted by molar-refractivity contribution is -0.129. The van der Waals surface area contributed by atoms with Crippen molar-refractivity contribution in [3.63, 3.8) is 0 Å². The molecule has 0 saturated carbocycles. The molecule has 1 amide bonds. The van der Waals surface area contributed by atoms with Gasteiger partial charge in [0.15, 0.2) is 0 Å². The molecule has 1 heterocycles. The third-order valence-corrected chi connectivity index (χ3v) is 3.67. The minimum Gasteiger partial charge on any atom is -0.369 e. The molecule has 21 heavy (non-hydrogen) atoms. The van der Waals surface area contributed by atoms with Crippen LogP contribution in [-0.2, 0) is 4.79 Å². The average molecular weight is 333 g/mol. The van der Waals surface area contributed by atoms with Crippen molar-refractivity contribution in [1.29, 1.82) is 0 Å². The molecule has 0 atom stereocenters. The van der Waals surface area contributed by atoms with E-state index < -0.39 is 0 Å². The number of anilines is 2. The third-order valence-electron chi connectivity index (χ3n) is 3.11. The Labute approximate surface area is 136 Å². The summed E-state index contributed by atoms with van der Waals surface area (Å²) in [5, 5.41) is 3.97. The van der Waals surface area contributed by atoms with E-state index in [-0.39, 0.29) is 12.5 Å². The Bertz CT molecular complexity index is 492. The molecule has 0 saturated heterocycles. The van der Waals surface area contributed by atoms with Crippen molar-refractivity contribution in [2.75, 3.05) is 43.4 Å². The SMILES string of the molecule is CCNc1nc(N(C)CC(=O)N(CC)CC)c(Cl)cc1Cl. The summed E-state index contributed by atoms with van der Waals surface area (Å²) in [7, 11) is 1.79. The van der Waals surface area contributed by atoms with Crippen LogP contribution in [0.3, 0.4) is 0 Å². The van der Waals surface area contributed by atoms with Gasteiger partial charge >= 0.3 is 0 Å². The molecule has 1 N–H and O–H groups in total. The van der Waals surface area contributed by atoms with Crippen molar-refractivity contribution in [1.82, 2.24) is 9.88 Å². The normalized spacial score (nSPS) is 10.4. The summed E-state index contributed by atoms with van der Waals surface area (Å²) in [6, 6.07) is 1.64. The van der Waals surface area contributed by atoms with E-state index in [1.807, 2.05) is 20.8 Å². The molecule has 0 aliphatic carbocycles. The fourth-order valence-electron chi connectivity index (χ4n) is 1.97. The maximum absolute atomic E-state index is 12.1. The summed E-state index contributed by atoms with van der Waals surface area (Å²) >= 11 is 12.3. The van der Waals surface area contributed by atoms with Crippen molar-refractivity contribution in [3.8, 4) is 0 Å². The number of rotatable bonds is 7. The molecule has 0 radical (unpaired) electrons. The van der Waals surface area contributed by atoms with Crippen molar-refractivity contribution >= 4 is 40.7 Å². The minimum atomic E-state index is 0.0420. The molecule has 5 nitrogen and oxygen atoms in total. The number of likely N-dealkylation sites (N-methyl/N-ethyl adjacent to an activating group) is 2. The van der Waals surface area contributed by atoms with Crippen LogP contribution in [-0.4, -0.2) is 49.0 Å². The van der Waals surface area contributed by atoms with E-state index in [2.05, 4.69) is 10.3 Å². The zero-order valence-corrected chi connectivity index (χ0v) is 14.4. The van der Waals surface area contributed by atoms with Gasteiger partial charge in [0.05, 0.1) is 16.6 Å². The first kappa shape index (κ1) is 17.9. The molecule has 7 heteroatoms. The molecular formula is C14H22Cl2N4O. The van der Waals surface area contributed by atoms with Gasteiger partial charge in [-0.25, -0.2) is 4.98 Å². The zero-order valence-electron chi connectivity index (χ0n) is 12.9. The number of carbonyl (C=O) groups is 1. The summed E-state index contributed by atoms with van der Waals surface area (Å²) in [6.45, 7) is 8.18. The summed E-state index contributed by atoms with van der Waals surface area (Å²) in [4.78, 5) is 20.1. The van der Waals surface area contributed by atoms with Gasteiger partial charge in [0.2, 0.25) is 5.91 Å². The molecule has 0 bridgehead atoms. The Kier molecular flexibility index (Phi) is 7.05. The van der Waals surface area contributed by atoms with Crippen LogP contribution in [0.1, 0.15) is 20.8 Å². The van der Waals surface area contributed by atoms with Gasteiger partial charge in [0.25, 0.3) is 0 Å². The molecule has 0 aromatic carbocycles. The van der Waals surface area contributed by atoms with Gasteiger partial charge in [-0.05, 0) is 26.8 Å². The summed E-state index contributed by atoms with van der Waals surface area (Å²) in [5.74, 6) is 1.15. The quantitative estimate of drug-likeness (QED) is 0.833. The number of hydrogen-bond acceptors (Lipinski definition) is 4. The molecule has 0 aliphatic heterocycles. The highest BCUT2D eigenvalue weighted by atomic mass is 35.5. The molecule has 118 valence electrons. The Balaban J connectivity index is 2.93. The Morgan fingerprint density at radius 1 is 1.24 bits per heavy atom. The highest BCUT2D eigenvalue weighted by molar-refractivity contribution is 6.37. The van der Waals surface area contributed by atoms with E-state index in [0.717, 1.165) is 0 Å². The average Bonchev–Trinajstić information content (AvgIpc) is 2.43. The number of aromatic nitrogens is 1. The number of nitrogens with one attached hydrogen (secondary N) is 1. The summed E-state index contributed by atoms with van der Waals surface area (Å²) < 4.78 is 0. The fourth-order valence-corrected chi connectivity index (χ4v) is 2.54. The first-order chi connectivity index (χ1) is 9.94.